The molecule has 0 aliphatic carbocycles. The maximum absolute atomic E-state index is 4.92. The van der Waals surface area contributed by atoms with Gasteiger partial charge in [0.05, 0.1) is 0 Å². The van der Waals surface area contributed by atoms with Crippen LogP contribution in [0.4, 0.5) is 0 Å². The molecule has 9 heavy (non-hydrogen) atoms. The predicted molar refractivity (Wildman–Crippen MR) is 36.1 cm³/mol. The van der Waals surface area contributed by atoms with E-state index < -0.39 is 0 Å². The Morgan fingerprint density at radius 3 is 2.89 bits per heavy atom. The Kier molecular flexibility index (Phi) is 6.30. The van der Waals surface area contributed by atoms with Gasteiger partial charge in [0.2, 0.25) is 0 Å². The second-order valence-corrected chi connectivity index (χ2v) is 2.47. The summed E-state index contributed by atoms with van der Waals surface area (Å²) in [4.78, 5) is 0. The van der Waals surface area contributed by atoms with E-state index in [9.17, 15) is 0 Å². The molecule has 0 N–H and O–H groups in total. The molecule has 0 aromatic carbocycles. The third-order valence-electron chi connectivity index (χ3n) is 1.02. The van der Waals surface area contributed by atoms with Crippen LogP contribution in [0.3, 0.4) is 0 Å². The summed E-state index contributed by atoms with van der Waals surface area (Å²) >= 11 is 2.85. The molecule has 1 nitrogen and oxygen atoms in total. The van der Waals surface area contributed by atoms with Gasteiger partial charge in [-0.3, -0.25) is 0 Å². The van der Waals surface area contributed by atoms with Gasteiger partial charge in [-0.15, -0.1) is 0 Å². The fourth-order valence-electron chi connectivity index (χ4n) is 0.493. The van der Waals surface area contributed by atoms with Crippen molar-refractivity contribution in [1.82, 2.24) is 0 Å². The fourth-order valence-corrected chi connectivity index (χ4v) is 0.718. The van der Waals surface area contributed by atoms with Crippen molar-refractivity contribution in [3.63, 3.8) is 0 Å². The zero-order valence-corrected chi connectivity index (χ0v) is 7.00. The molecular formula is C7H12CrO. The van der Waals surface area contributed by atoms with Crippen molar-refractivity contribution in [2.24, 2.45) is 0 Å². The summed E-state index contributed by atoms with van der Waals surface area (Å²) in [6.45, 7) is 3.62. The summed E-state index contributed by atoms with van der Waals surface area (Å²) in [6, 6.07) is 0. The average Bonchev–Trinajstić information content (AvgIpc) is 1.89. The van der Waals surface area contributed by atoms with Crippen LogP contribution >= 0.6 is 0 Å². The van der Waals surface area contributed by atoms with Crippen LogP contribution in [0.2, 0.25) is 0 Å². The molecule has 0 bridgehead atoms. The second kappa shape index (κ2) is 6.23. The number of ether oxygens (including phenoxy) is 1. The first-order chi connectivity index (χ1) is 4.31. The summed E-state index contributed by atoms with van der Waals surface area (Å²) in [5.41, 5.74) is 0. The van der Waals surface area contributed by atoms with Crippen LogP contribution < -0.4 is 0 Å². The Morgan fingerprint density at radius 2 is 2.44 bits per heavy atom. The molecule has 2 heteroatoms. The number of unbranched alkanes of at least 4 members (excludes halogenated alkanes) is 1. The van der Waals surface area contributed by atoms with Crippen molar-refractivity contribution >= 4 is 4.57 Å². The minimum absolute atomic E-state index is 0.983. The normalized spacial score (nSPS) is 9.00. The molecule has 0 saturated heterocycles. The predicted octanol–water partition coefficient (Wildman–Crippen LogP) is 1.67. The van der Waals surface area contributed by atoms with Crippen molar-refractivity contribution in [2.45, 2.75) is 19.3 Å². The monoisotopic (exact) mass is 164 g/mol. The van der Waals surface area contributed by atoms with E-state index in [1.54, 1.807) is 7.11 Å². The molecule has 0 aliphatic heterocycles. The summed E-state index contributed by atoms with van der Waals surface area (Å²) in [6.07, 6.45) is 5.11. The van der Waals surface area contributed by atoms with Crippen LogP contribution in [0.5, 0.6) is 0 Å². The zero-order chi connectivity index (χ0) is 7.11. The van der Waals surface area contributed by atoms with Crippen LogP contribution in [-0.2, 0) is 20.6 Å². The summed E-state index contributed by atoms with van der Waals surface area (Å²) < 4.78 is 5.91. The third kappa shape index (κ3) is 5.98. The van der Waals surface area contributed by atoms with E-state index in [4.69, 9.17) is 4.74 Å². The van der Waals surface area contributed by atoms with Crippen molar-refractivity contribution < 1.29 is 20.6 Å². The quantitative estimate of drug-likeness (QED) is 0.443. The van der Waals surface area contributed by atoms with Gasteiger partial charge in [-0.05, 0) is 0 Å². The molecule has 0 saturated carbocycles. The molecule has 0 amide bonds. The SMILES string of the molecule is C=CCCC[C](=[Cr])OC. The number of methoxy groups -OCH3 is 1. The summed E-state index contributed by atoms with van der Waals surface area (Å²) in [5.74, 6) is 0. The van der Waals surface area contributed by atoms with Gasteiger partial charge < -0.3 is 0 Å². The molecule has 0 spiro atoms. The van der Waals surface area contributed by atoms with Crippen molar-refractivity contribution in [3.05, 3.63) is 12.7 Å². The van der Waals surface area contributed by atoms with E-state index in [-0.39, 0.29) is 0 Å². The molecule has 0 rings (SSSR count). The van der Waals surface area contributed by atoms with Gasteiger partial charge >= 0.3 is 64.2 Å². The Balaban J connectivity index is 3.06. The third-order valence-corrected chi connectivity index (χ3v) is 1.60. The standard InChI is InChI=1S/C7H12O.Cr/c1-3-4-5-6-7-8-2;/h3H,1,4-6H2,2H3;. The topological polar surface area (TPSA) is 9.23 Å². The number of hydrogen-bond acceptors (Lipinski definition) is 1. The van der Waals surface area contributed by atoms with Crippen molar-refractivity contribution in [3.8, 4) is 0 Å². The molecule has 0 radical (unpaired) electrons. The first-order valence-electron chi connectivity index (χ1n) is 2.99. The van der Waals surface area contributed by atoms with E-state index in [1.807, 2.05) is 6.08 Å². The Bertz CT molecular complexity index is 99.1. The summed E-state index contributed by atoms with van der Waals surface area (Å²) in [7, 11) is 1.68. The van der Waals surface area contributed by atoms with Crippen LogP contribution in [0.25, 0.3) is 0 Å². The zero-order valence-electron chi connectivity index (χ0n) is 5.72. The Morgan fingerprint density at radius 1 is 1.78 bits per heavy atom. The van der Waals surface area contributed by atoms with Gasteiger partial charge in [0, 0.05) is 0 Å². The Hall–Kier alpha value is 0.102. The van der Waals surface area contributed by atoms with E-state index in [0.717, 1.165) is 23.8 Å². The van der Waals surface area contributed by atoms with Crippen LogP contribution in [-0.4, -0.2) is 11.7 Å². The second-order valence-electron chi connectivity index (χ2n) is 1.76. The minimum atomic E-state index is 0.983. The Labute approximate surface area is 64.7 Å². The van der Waals surface area contributed by atoms with Gasteiger partial charge in [-0.25, -0.2) is 0 Å². The van der Waals surface area contributed by atoms with Crippen LogP contribution in [0.15, 0.2) is 12.7 Å². The molecule has 0 aromatic rings. The first kappa shape index (κ1) is 9.10. The number of hydrogen-bond donors (Lipinski definition) is 0. The molecule has 0 fully saturated rings. The van der Waals surface area contributed by atoms with E-state index in [2.05, 4.69) is 22.4 Å². The van der Waals surface area contributed by atoms with Crippen molar-refractivity contribution in [1.29, 1.82) is 0 Å². The first-order valence-corrected chi connectivity index (χ1v) is 3.62. The molecular weight excluding hydrogens is 152 g/mol. The molecule has 0 heterocycles. The van der Waals surface area contributed by atoms with Gasteiger partial charge in [0.25, 0.3) is 0 Å². The van der Waals surface area contributed by atoms with Gasteiger partial charge in [-0.2, -0.15) is 0 Å². The molecule has 0 unspecified atom stereocenters. The summed E-state index contributed by atoms with van der Waals surface area (Å²) in [5, 5.41) is 0. The fraction of sp³-hybridized carbons (Fsp3) is 0.571. The average molecular weight is 164 g/mol. The maximum atomic E-state index is 4.92. The van der Waals surface area contributed by atoms with Gasteiger partial charge in [-0.1, -0.05) is 0 Å². The molecule has 0 atom stereocenters. The molecule has 0 aromatic heterocycles. The molecule has 52 valence electrons. The van der Waals surface area contributed by atoms with Gasteiger partial charge in [0.1, 0.15) is 0 Å². The van der Waals surface area contributed by atoms with Gasteiger partial charge in [0.15, 0.2) is 0 Å². The van der Waals surface area contributed by atoms with E-state index in [0.29, 0.717) is 0 Å². The molecule has 0 aliphatic rings. The van der Waals surface area contributed by atoms with Crippen LogP contribution in [0.1, 0.15) is 19.3 Å². The van der Waals surface area contributed by atoms with Crippen LogP contribution in [0, 0.1) is 0 Å². The number of rotatable bonds is 5. The van der Waals surface area contributed by atoms with E-state index in [1.165, 1.54) is 0 Å². The van der Waals surface area contributed by atoms with Crippen molar-refractivity contribution in [2.75, 3.05) is 7.11 Å². The number of allylic oxidation sites excluding steroid dienone is 1. The van der Waals surface area contributed by atoms with E-state index >= 15 is 0 Å².